The van der Waals surface area contributed by atoms with Crippen molar-refractivity contribution in [1.82, 2.24) is 25.1 Å². The Kier molecular flexibility index (Phi) is 8.63. The lowest BCUT2D eigenvalue weighted by atomic mass is 9.71. The molecule has 1 spiro atoms. The van der Waals surface area contributed by atoms with Crippen LogP contribution in [-0.4, -0.2) is 88.7 Å². The molecule has 2 aromatic rings. The zero-order valence-corrected chi connectivity index (χ0v) is 24.2. The molecule has 0 unspecified atom stereocenters. The number of amides is 2. The second kappa shape index (κ2) is 12.2. The summed E-state index contributed by atoms with van der Waals surface area (Å²) < 4.78 is 20.3. The van der Waals surface area contributed by atoms with Gasteiger partial charge in [-0.05, 0) is 89.6 Å². The van der Waals surface area contributed by atoms with Crippen LogP contribution in [0, 0.1) is 17.2 Å². The van der Waals surface area contributed by atoms with E-state index in [1.165, 1.54) is 24.5 Å². The summed E-state index contributed by atoms with van der Waals surface area (Å²) >= 11 is 0. The number of piperidine rings is 1. The Morgan fingerprint density at radius 3 is 2.54 bits per heavy atom. The molecule has 1 aromatic carbocycles. The van der Waals surface area contributed by atoms with Crippen LogP contribution >= 0.6 is 0 Å². The molecule has 3 aliphatic rings. The first-order valence-corrected chi connectivity index (χ1v) is 14.6. The predicted octanol–water partition coefficient (Wildman–Crippen LogP) is 4.62. The second-order valence-electron chi connectivity index (χ2n) is 12.3. The molecule has 1 aromatic heterocycles. The van der Waals surface area contributed by atoms with Gasteiger partial charge in [0.2, 0.25) is 0 Å². The highest BCUT2D eigenvalue weighted by Gasteiger charge is 2.46. The van der Waals surface area contributed by atoms with Crippen molar-refractivity contribution in [2.24, 2.45) is 11.3 Å². The van der Waals surface area contributed by atoms with Gasteiger partial charge >= 0.3 is 6.09 Å². The first-order valence-electron chi connectivity index (χ1n) is 14.6. The number of carbonyl (C=O) groups excluding carboxylic acids is 1. The molecule has 41 heavy (non-hydrogen) atoms. The van der Waals surface area contributed by atoms with Crippen LogP contribution in [0.2, 0.25) is 0 Å². The summed E-state index contributed by atoms with van der Waals surface area (Å²) in [5.74, 6) is 1.23. The fourth-order valence-electron chi connectivity index (χ4n) is 6.39. The van der Waals surface area contributed by atoms with E-state index in [0.29, 0.717) is 17.5 Å². The third kappa shape index (κ3) is 6.72. The smallest absolute Gasteiger partial charge is 0.404 e. The van der Waals surface area contributed by atoms with Gasteiger partial charge in [0.05, 0.1) is 11.8 Å². The van der Waals surface area contributed by atoms with Crippen LogP contribution in [-0.2, 0) is 0 Å². The zero-order chi connectivity index (χ0) is 29.1. The number of carboxylic acid groups (broad SMARTS) is 1. The molecule has 2 N–H and O–H groups in total. The number of aromatic nitrogens is 2. The highest BCUT2D eigenvalue weighted by molar-refractivity contribution is 5.97. The Balaban J connectivity index is 1.17. The summed E-state index contributed by atoms with van der Waals surface area (Å²) in [5.41, 5.74) is 0.411. The van der Waals surface area contributed by atoms with E-state index in [-0.39, 0.29) is 34.7 Å². The van der Waals surface area contributed by atoms with Gasteiger partial charge < -0.3 is 29.9 Å². The predicted molar refractivity (Wildman–Crippen MR) is 153 cm³/mol. The Morgan fingerprint density at radius 1 is 1.17 bits per heavy atom. The first kappa shape index (κ1) is 29.0. The molecule has 2 aliphatic heterocycles. The van der Waals surface area contributed by atoms with E-state index in [9.17, 15) is 14.0 Å². The summed E-state index contributed by atoms with van der Waals surface area (Å²) in [6.07, 6.45) is 8.43. The topological polar surface area (TPSA) is 111 Å². The van der Waals surface area contributed by atoms with Gasteiger partial charge in [0.1, 0.15) is 17.9 Å². The summed E-state index contributed by atoms with van der Waals surface area (Å²) in [6, 6.07) is 4.03. The van der Waals surface area contributed by atoms with E-state index in [0.717, 1.165) is 71.2 Å². The maximum Gasteiger partial charge on any atom is 0.404 e. The average Bonchev–Trinajstić information content (AvgIpc) is 2.93. The number of likely N-dealkylation sites (tertiary alicyclic amines) is 1. The Bertz CT molecular complexity index is 1240. The van der Waals surface area contributed by atoms with Crippen molar-refractivity contribution in [3.63, 3.8) is 0 Å². The van der Waals surface area contributed by atoms with Crippen LogP contribution in [0.4, 0.5) is 15.0 Å². The fraction of sp³-hybridized carbons (Fsp3) is 0.600. The number of rotatable bonds is 8. The minimum atomic E-state index is -0.922. The first-order chi connectivity index (χ1) is 19.6. The second-order valence-corrected chi connectivity index (χ2v) is 12.3. The number of nitrogens with zero attached hydrogens (tertiary/aromatic N) is 5. The van der Waals surface area contributed by atoms with Gasteiger partial charge in [-0.25, -0.2) is 19.2 Å². The monoisotopic (exact) mass is 568 g/mol. The molecule has 11 heteroatoms. The van der Waals surface area contributed by atoms with E-state index < -0.39 is 11.9 Å². The van der Waals surface area contributed by atoms with Crippen LogP contribution in [0.15, 0.2) is 30.7 Å². The van der Waals surface area contributed by atoms with Crippen LogP contribution in [0.25, 0.3) is 0 Å². The van der Waals surface area contributed by atoms with E-state index in [1.54, 1.807) is 18.1 Å². The van der Waals surface area contributed by atoms with Crippen molar-refractivity contribution in [3.05, 3.63) is 42.1 Å². The molecular formula is C30H41FN6O4. The molecule has 0 radical (unpaired) electrons. The summed E-state index contributed by atoms with van der Waals surface area (Å²) in [4.78, 5) is 39.0. The maximum absolute atomic E-state index is 14.1. The van der Waals surface area contributed by atoms with Gasteiger partial charge in [0, 0.05) is 44.2 Å². The SMILES string of the molecule is CC(C)N(C)C(=O)c1cc(F)ccc1Oc1cncnc1N1CC2(CCN(CC3CCC(NC(=O)O)CC3)CC2)C1. The molecule has 2 amide bonds. The number of hydrogen-bond donors (Lipinski definition) is 2. The van der Waals surface area contributed by atoms with Crippen LogP contribution < -0.4 is 15.0 Å². The zero-order valence-electron chi connectivity index (χ0n) is 24.2. The largest absolute Gasteiger partial charge is 0.465 e. The summed E-state index contributed by atoms with van der Waals surface area (Å²) in [7, 11) is 1.69. The van der Waals surface area contributed by atoms with Crippen LogP contribution in [0.3, 0.4) is 0 Å². The minimum absolute atomic E-state index is 0.0472. The minimum Gasteiger partial charge on any atom is -0.465 e. The highest BCUT2D eigenvalue weighted by atomic mass is 19.1. The third-order valence-electron chi connectivity index (χ3n) is 9.11. The number of hydrogen-bond acceptors (Lipinski definition) is 7. The van der Waals surface area contributed by atoms with Gasteiger partial charge in [-0.15, -0.1) is 0 Å². The Hall–Kier alpha value is -3.47. The van der Waals surface area contributed by atoms with E-state index >= 15 is 0 Å². The number of halogens is 1. The molecule has 222 valence electrons. The van der Waals surface area contributed by atoms with Crippen LogP contribution in [0.5, 0.6) is 11.5 Å². The third-order valence-corrected chi connectivity index (χ3v) is 9.11. The number of benzene rings is 1. The normalized spacial score (nSPS) is 22.3. The maximum atomic E-state index is 14.1. The van der Waals surface area contributed by atoms with Crippen molar-refractivity contribution >= 4 is 17.8 Å². The molecule has 10 nitrogen and oxygen atoms in total. The van der Waals surface area contributed by atoms with E-state index in [2.05, 4.69) is 25.1 Å². The van der Waals surface area contributed by atoms with Gasteiger partial charge in [0.15, 0.2) is 11.6 Å². The lowest BCUT2D eigenvalue weighted by Gasteiger charge is -2.54. The highest BCUT2D eigenvalue weighted by Crippen LogP contribution is 2.45. The molecule has 1 aliphatic carbocycles. The molecule has 0 bridgehead atoms. The summed E-state index contributed by atoms with van der Waals surface area (Å²) in [6.45, 7) is 8.79. The molecule has 2 saturated heterocycles. The van der Waals surface area contributed by atoms with Gasteiger partial charge in [0.25, 0.3) is 5.91 Å². The van der Waals surface area contributed by atoms with Crippen molar-refractivity contribution in [2.45, 2.75) is 64.5 Å². The lowest BCUT2D eigenvalue weighted by Crippen LogP contribution is -2.61. The molecular weight excluding hydrogens is 527 g/mol. The molecule has 3 fully saturated rings. The molecule has 3 heterocycles. The lowest BCUT2D eigenvalue weighted by molar-refractivity contribution is 0.0614. The van der Waals surface area contributed by atoms with Crippen molar-refractivity contribution < 1.29 is 23.8 Å². The van der Waals surface area contributed by atoms with Gasteiger partial charge in [-0.1, -0.05) is 0 Å². The Morgan fingerprint density at radius 2 is 1.88 bits per heavy atom. The van der Waals surface area contributed by atoms with Crippen molar-refractivity contribution in [3.8, 4) is 11.5 Å². The van der Waals surface area contributed by atoms with Crippen LogP contribution in [0.1, 0.15) is 62.7 Å². The van der Waals surface area contributed by atoms with Gasteiger partial charge in [-0.3, -0.25) is 4.79 Å². The quantitative estimate of drug-likeness (QED) is 0.475. The average molecular weight is 569 g/mol. The Labute approximate surface area is 240 Å². The molecule has 0 atom stereocenters. The number of ether oxygens (including phenoxy) is 1. The van der Waals surface area contributed by atoms with Crippen molar-refractivity contribution in [2.75, 3.05) is 44.7 Å². The van der Waals surface area contributed by atoms with E-state index in [4.69, 9.17) is 9.84 Å². The molecule has 5 rings (SSSR count). The fourth-order valence-corrected chi connectivity index (χ4v) is 6.39. The number of carbonyl (C=O) groups is 2. The standard InChI is InChI=1S/C30H41FN6O4/c1-20(2)35(3)28(38)24-14-22(31)6-9-25(24)41-26-15-32-19-33-27(26)37-17-30(18-37)10-12-36(13-11-30)16-21-4-7-23(8-5-21)34-29(39)40/h6,9,14-15,19-21,23,34H,4-5,7-8,10-13,16-18H2,1-3H3,(H,39,40). The van der Waals surface area contributed by atoms with Crippen molar-refractivity contribution in [1.29, 1.82) is 0 Å². The number of anilines is 1. The van der Waals surface area contributed by atoms with Gasteiger partial charge in [-0.2, -0.15) is 0 Å². The summed E-state index contributed by atoms with van der Waals surface area (Å²) in [5, 5.41) is 11.6. The number of nitrogens with one attached hydrogen (secondary N) is 1. The van der Waals surface area contributed by atoms with E-state index in [1.807, 2.05) is 13.8 Å². The molecule has 1 saturated carbocycles.